The molecule has 2 aromatic heterocycles. The Hall–Kier alpha value is -4.39. The topological polar surface area (TPSA) is 77.6 Å². The molecule has 0 bridgehead atoms. The number of hydrogen-bond donors (Lipinski definition) is 1. The van der Waals surface area contributed by atoms with Crippen molar-refractivity contribution in [3.05, 3.63) is 106 Å². The van der Waals surface area contributed by atoms with Crippen LogP contribution in [0.2, 0.25) is 0 Å². The third-order valence-corrected chi connectivity index (χ3v) is 6.38. The van der Waals surface area contributed by atoms with E-state index in [1.807, 2.05) is 83.3 Å². The number of carbonyl (C=O) groups is 1. The fourth-order valence-corrected chi connectivity index (χ4v) is 4.68. The zero-order chi connectivity index (χ0) is 23.2. The second kappa shape index (κ2) is 7.88. The third kappa shape index (κ3) is 3.25. The van der Waals surface area contributed by atoms with E-state index >= 15 is 0 Å². The van der Waals surface area contributed by atoms with Gasteiger partial charge in [-0.05, 0) is 35.4 Å². The van der Waals surface area contributed by atoms with Gasteiger partial charge in [-0.3, -0.25) is 18.6 Å². The van der Waals surface area contributed by atoms with Gasteiger partial charge in [0.1, 0.15) is 18.2 Å². The maximum Gasteiger partial charge on any atom is 0.260 e. The van der Waals surface area contributed by atoms with Crippen molar-refractivity contribution in [1.82, 2.24) is 14.0 Å². The maximum absolute atomic E-state index is 13.5. The molecule has 7 nitrogen and oxygen atoms in total. The number of aryl methyl sites for hydroxylation is 1. The highest BCUT2D eigenvalue weighted by molar-refractivity contribution is 5.96. The van der Waals surface area contributed by atoms with Gasteiger partial charge in [-0.25, -0.2) is 4.98 Å². The number of benzene rings is 3. The number of nitrogens with one attached hydrogen (secondary N) is 1. The van der Waals surface area contributed by atoms with Gasteiger partial charge in [0, 0.05) is 19.4 Å². The molecule has 1 aliphatic rings. The highest BCUT2D eigenvalue weighted by atomic mass is 16.5. The van der Waals surface area contributed by atoms with Crippen LogP contribution in [0.1, 0.15) is 29.0 Å². The Bertz CT molecular complexity index is 1600. The van der Waals surface area contributed by atoms with Gasteiger partial charge >= 0.3 is 0 Å². The molecule has 0 saturated carbocycles. The number of rotatable bonds is 4. The molecule has 0 fully saturated rings. The van der Waals surface area contributed by atoms with E-state index in [1.54, 1.807) is 11.6 Å². The van der Waals surface area contributed by atoms with Crippen molar-refractivity contribution in [1.29, 1.82) is 0 Å². The molecule has 0 aliphatic carbocycles. The molecule has 6 rings (SSSR count). The Kier molecular flexibility index (Phi) is 4.69. The quantitative estimate of drug-likeness (QED) is 0.444. The van der Waals surface area contributed by atoms with Crippen LogP contribution in [0.25, 0.3) is 16.8 Å². The molecule has 168 valence electrons. The number of anilines is 1. The number of aromatic nitrogens is 3. The van der Waals surface area contributed by atoms with Gasteiger partial charge in [0.15, 0.2) is 0 Å². The second-order valence-corrected chi connectivity index (χ2v) is 8.51. The first-order valence-electron chi connectivity index (χ1n) is 11.2. The number of imidazole rings is 1. The summed E-state index contributed by atoms with van der Waals surface area (Å²) < 4.78 is 9.33. The molecule has 1 atom stereocenters. The molecule has 3 aromatic carbocycles. The zero-order valence-electron chi connectivity index (χ0n) is 18.6. The van der Waals surface area contributed by atoms with Gasteiger partial charge < -0.3 is 10.1 Å². The van der Waals surface area contributed by atoms with Gasteiger partial charge in [-0.1, -0.05) is 54.6 Å². The number of nitrogens with zero attached hydrogens (tertiary/aromatic N) is 3. The molecule has 3 heterocycles. The zero-order valence-corrected chi connectivity index (χ0v) is 18.6. The summed E-state index contributed by atoms with van der Waals surface area (Å²) in [4.78, 5) is 30.8. The van der Waals surface area contributed by atoms with Gasteiger partial charge in [-0.2, -0.15) is 0 Å². The maximum atomic E-state index is 13.5. The van der Waals surface area contributed by atoms with Gasteiger partial charge in [0.25, 0.3) is 5.56 Å². The van der Waals surface area contributed by atoms with Crippen LogP contribution >= 0.6 is 0 Å². The lowest BCUT2D eigenvalue weighted by atomic mass is 9.86. The van der Waals surface area contributed by atoms with Crippen LogP contribution in [-0.2, 0) is 18.4 Å². The first-order valence-corrected chi connectivity index (χ1v) is 11.2. The summed E-state index contributed by atoms with van der Waals surface area (Å²) in [6.07, 6.45) is 0.199. The SMILES string of the molecule is Cn1c(=O)c2c(n3c4ccccc4nc13)NC(=O)C[C@@H]2c1ccc(OCc2ccccc2)cc1. The van der Waals surface area contributed by atoms with Crippen molar-refractivity contribution >= 4 is 28.5 Å². The van der Waals surface area contributed by atoms with Crippen molar-refractivity contribution < 1.29 is 9.53 Å². The molecule has 1 aliphatic heterocycles. The van der Waals surface area contributed by atoms with E-state index < -0.39 is 0 Å². The number of ether oxygens (including phenoxy) is 1. The van der Waals surface area contributed by atoms with Gasteiger partial charge in [0.05, 0.1) is 16.6 Å². The van der Waals surface area contributed by atoms with Crippen LogP contribution in [0.4, 0.5) is 5.82 Å². The summed E-state index contributed by atoms with van der Waals surface area (Å²) >= 11 is 0. The summed E-state index contributed by atoms with van der Waals surface area (Å²) in [5, 5.41) is 2.94. The van der Waals surface area contributed by atoms with E-state index in [2.05, 4.69) is 10.3 Å². The van der Waals surface area contributed by atoms with Gasteiger partial charge in [0.2, 0.25) is 11.7 Å². The lowest BCUT2D eigenvalue weighted by Crippen LogP contribution is -2.35. The highest BCUT2D eigenvalue weighted by Crippen LogP contribution is 2.37. The number of hydrogen-bond acceptors (Lipinski definition) is 4. The third-order valence-electron chi connectivity index (χ3n) is 6.38. The van der Waals surface area contributed by atoms with Crippen molar-refractivity contribution in [2.75, 3.05) is 5.32 Å². The minimum atomic E-state index is -0.365. The van der Waals surface area contributed by atoms with Crippen LogP contribution in [0.15, 0.2) is 83.7 Å². The molecular weight excluding hydrogens is 428 g/mol. The first kappa shape index (κ1) is 20.2. The summed E-state index contributed by atoms with van der Waals surface area (Å²) in [6, 6.07) is 25.3. The van der Waals surface area contributed by atoms with Crippen LogP contribution in [0, 0.1) is 0 Å². The Morgan fingerprint density at radius 1 is 0.971 bits per heavy atom. The van der Waals surface area contributed by atoms with E-state index in [4.69, 9.17) is 4.74 Å². The summed E-state index contributed by atoms with van der Waals surface area (Å²) in [7, 11) is 1.72. The number of carbonyl (C=O) groups excluding carboxylic acids is 1. The molecule has 1 amide bonds. The van der Waals surface area contributed by atoms with E-state index in [-0.39, 0.29) is 23.8 Å². The van der Waals surface area contributed by atoms with E-state index in [0.717, 1.165) is 27.9 Å². The molecule has 0 radical (unpaired) electrons. The minimum absolute atomic E-state index is 0.130. The number of para-hydroxylation sites is 2. The van der Waals surface area contributed by atoms with Crippen molar-refractivity contribution in [2.24, 2.45) is 7.05 Å². The summed E-state index contributed by atoms with van der Waals surface area (Å²) in [5.74, 6) is 1.23. The first-order chi connectivity index (χ1) is 16.6. The molecule has 5 aromatic rings. The summed E-state index contributed by atoms with van der Waals surface area (Å²) in [5.41, 5.74) is 3.99. The van der Waals surface area contributed by atoms with Crippen molar-refractivity contribution in [2.45, 2.75) is 18.9 Å². The largest absolute Gasteiger partial charge is 0.489 e. The summed E-state index contributed by atoms with van der Waals surface area (Å²) in [6.45, 7) is 0.473. The number of fused-ring (bicyclic) bond motifs is 5. The molecule has 34 heavy (non-hydrogen) atoms. The lowest BCUT2D eigenvalue weighted by molar-refractivity contribution is -0.116. The Labute approximate surface area is 195 Å². The number of amides is 1. The van der Waals surface area contributed by atoms with Crippen LogP contribution < -0.4 is 15.6 Å². The van der Waals surface area contributed by atoms with E-state index in [0.29, 0.717) is 23.8 Å². The van der Waals surface area contributed by atoms with Crippen LogP contribution in [0.3, 0.4) is 0 Å². The highest BCUT2D eigenvalue weighted by Gasteiger charge is 2.33. The van der Waals surface area contributed by atoms with Crippen molar-refractivity contribution in [3.63, 3.8) is 0 Å². The Balaban J connectivity index is 1.42. The molecular formula is C27H22N4O3. The predicted octanol–water partition coefficient (Wildman–Crippen LogP) is 4.24. The van der Waals surface area contributed by atoms with E-state index in [9.17, 15) is 9.59 Å². The van der Waals surface area contributed by atoms with Crippen LogP contribution in [0.5, 0.6) is 5.75 Å². The standard InChI is InChI=1S/C27H22N4O3/c1-30-26(33)24-20(18-11-13-19(14-12-18)34-16-17-7-3-2-4-8-17)15-23(32)29-25(24)31-22-10-6-5-9-21(22)28-27(30)31/h2-14,20H,15-16H2,1H3,(H,29,32)/t20-/m1/s1. The fraction of sp³-hybridized carbons (Fsp3) is 0.148. The van der Waals surface area contributed by atoms with E-state index in [1.165, 1.54) is 0 Å². The Morgan fingerprint density at radius 2 is 1.71 bits per heavy atom. The molecule has 0 spiro atoms. The smallest absolute Gasteiger partial charge is 0.260 e. The average molecular weight is 450 g/mol. The van der Waals surface area contributed by atoms with Crippen molar-refractivity contribution in [3.8, 4) is 5.75 Å². The normalized spacial score (nSPS) is 15.3. The lowest BCUT2D eigenvalue weighted by Gasteiger charge is -2.27. The van der Waals surface area contributed by atoms with Crippen LogP contribution in [-0.4, -0.2) is 19.9 Å². The molecule has 7 heteroatoms. The predicted molar refractivity (Wildman–Crippen MR) is 130 cm³/mol. The molecule has 0 saturated heterocycles. The van der Waals surface area contributed by atoms with Gasteiger partial charge in [-0.15, -0.1) is 0 Å². The second-order valence-electron chi connectivity index (χ2n) is 8.51. The average Bonchev–Trinajstić information content (AvgIpc) is 3.26. The minimum Gasteiger partial charge on any atom is -0.489 e. The molecule has 0 unspecified atom stereocenters. The Morgan fingerprint density at radius 3 is 2.50 bits per heavy atom. The monoisotopic (exact) mass is 450 g/mol. The molecule has 1 N–H and O–H groups in total. The fourth-order valence-electron chi connectivity index (χ4n) is 4.68.